The molecule has 1 amide bonds. The molecule has 0 aliphatic rings. The van der Waals surface area contributed by atoms with Crippen LogP contribution in [0.4, 0.5) is 0 Å². The zero-order chi connectivity index (χ0) is 9.84. The van der Waals surface area contributed by atoms with Gasteiger partial charge in [0.1, 0.15) is 15.7 Å². The molecule has 0 fully saturated rings. The monoisotopic (exact) mass is 173 g/mol. The number of carbonyl (C=O) groups excluding carboxylic acids is 1. The van der Waals surface area contributed by atoms with Gasteiger partial charge in [-0.05, 0) is 6.42 Å². The number of primary amides is 1. The van der Waals surface area contributed by atoms with Crippen LogP contribution >= 0.6 is 0 Å². The molecule has 0 heterocycles. The lowest BCUT2D eigenvalue weighted by atomic mass is 9.83. The molecule has 0 aliphatic carbocycles. The summed E-state index contributed by atoms with van der Waals surface area (Å²) in [5.74, 6) is -0.235. The zero-order valence-electron chi connectivity index (χ0n) is 8.13. The molecular weight excluding hydrogens is 160 g/mol. The molecule has 0 bridgehead atoms. The quantitative estimate of drug-likeness (QED) is 0.509. The lowest BCUT2D eigenvalue weighted by molar-refractivity contribution is -0.117. The first-order valence-electron chi connectivity index (χ1n) is 4.44. The minimum Gasteiger partial charge on any atom is -0.370 e. The summed E-state index contributed by atoms with van der Waals surface area (Å²) in [5, 5.41) is 0. The molecule has 0 saturated heterocycles. The van der Waals surface area contributed by atoms with Crippen LogP contribution in [0.25, 0.3) is 0 Å². The van der Waals surface area contributed by atoms with Gasteiger partial charge < -0.3 is 5.73 Å². The van der Waals surface area contributed by atoms with Crippen LogP contribution in [0.2, 0.25) is 0 Å². The van der Waals surface area contributed by atoms with Crippen LogP contribution in [0.15, 0.2) is 18.2 Å². The van der Waals surface area contributed by atoms with Gasteiger partial charge in [-0.15, -0.1) is 0 Å². The number of benzene rings is 1. The molecule has 2 nitrogen and oxygen atoms in total. The van der Waals surface area contributed by atoms with Crippen LogP contribution < -0.4 is 16.7 Å². The predicted molar refractivity (Wildman–Crippen MR) is 60.3 cm³/mol. The second-order valence-electron chi connectivity index (χ2n) is 3.40. The highest BCUT2D eigenvalue weighted by Gasteiger charge is 2.00. The Bertz CT molecular complexity index is 325. The summed E-state index contributed by atoms with van der Waals surface area (Å²) in [6.45, 7) is 0. The molecule has 0 saturated carbocycles. The molecule has 0 atom stereocenters. The summed E-state index contributed by atoms with van der Waals surface area (Å²) >= 11 is 0. The van der Waals surface area contributed by atoms with Crippen molar-refractivity contribution < 1.29 is 4.79 Å². The number of hydrogen-bond acceptors (Lipinski definition) is 1. The van der Waals surface area contributed by atoms with Crippen molar-refractivity contribution in [2.24, 2.45) is 5.73 Å². The van der Waals surface area contributed by atoms with E-state index in [1.54, 1.807) is 0 Å². The maximum Gasteiger partial charge on any atom is 0.217 e. The van der Waals surface area contributed by atoms with E-state index in [0.29, 0.717) is 6.42 Å². The third-order valence-corrected chi connectivity index (χ3v) is 2.15. The van der Waals surface area contributed by atoms with Crippen molar-refractivity contribution in [3.05, 3.63) is 23.8 Å². The smallest absolute Gasteiger partial charge is 0.217 e. The third kappa shape index (κ3) is 2.98. The van der Waals surface area contributed by atoms with Gasteiger partial charge in [0.2, 0.25) is 5.91 Å². The molecule has 0 spiro atoms. The molecule has 0 unspecified atom stereocenters. The fraction of sp³-hybridized carbons (Fsp3) is 0.222. The van der Waals surface area contributed by atoms with Crippen molar-refractivity contribution in [1.82, 2.24) is 0 Å². The van der Waals surface area contributed by atoms with Gasteiger partial charge in [0.05, 0.1) is 0 Å². The molecule has 1 aromatic carbocycles. The highest BCUT2D eigenvalue weighted by atomic mass is 16.1. The van der Waals surface area contributed by atoms with Crippen molar-refractivity contribution in [2.45, 2.75) is 12.8 Å². The average molecular weight is 173 g/mol. The van der Waals surface area contributed by atoms with Crippen molar-refractivity contribution in [2.75, 3.05) is 0 Å². The first-order chi connectivity index (χ1) is 6.09. The SMILES string of the molecule is Bc1ccc(B)c(CCC(N)=O)c1. The lowest BCUT2D eigenvalue weighted by Gasteiger charge is -2.05. The van der Waals surface area contributed by atoms with E-state index in [4.69, 9.17) is 5.73 Å². The molecule has 66 valence electrons. The van der Waals surface area contributed by atoms with Gasteiger partial charge in [-0.2, -0.15) is 0 Å². The highest BCUT2D eigenvalue weighted by molar-refractivity contribution is 6.36. The maximum absolute atomic E-state index is 10.6. The molecule has 13 heavy (non-hydrogen) atoms. The van der Waals surface area contributed by atoms with Crippen LogP contribution in [0, 0.1) is 0 Å². The first kappa shape index (κ1) is 9.90. The molecule has 1 aromatic rings. The average Bonchev–Trinajstić information content (AvgIpc) is 2.06. The maximum atomic E-state index is 10.6. The lowest BCUT2D eigenvalue weighted by Crippen LogP contribution is -2.19. The van der Waals surface area contributed by atoms with Gasteiger partial charge in [0.25, 0.3) is 0 Å². The summed E-state index contributed by atoms with van der Waals surface area (Å²) in [7, 11) is 4.10. The predicted octanol–water partition coefficient (Wildman–Crippen LogP) is -2.38. The van der Waals surface area contributed by atoms with E-state index in [-0.39, 0.29) is 5.91 Å². The third-order valence-electron chi connectivity index (χ3n) is 2.15. The highest BCUT2D eigenvalue weighted by Crippen LogP contribution is 1.96. The van der Waals surface area contributed by atoms with E-state index in [1.807, 2.05) is 7.85 Å². The Morgan fingerprint density at radius 3 is 2.69 bits per heavy atom. The molecule has 2 N–H and O–H groups in total. The fourth-order valence-electron chi connectivity index (χ4n) is 1.33. The summed E-state index contributed by atoms with van der Waals surface area (Å²) < 4.78 is 0. The number of amides is 1. The largest absolute Gasteiger partial charge is 0.370 e. The second kappa shape index (κ2) is 4.17. The van der Waals surface area contributed by atoms with Crippen molar-refractivity contribution >= 4 is 32.5 Å². The first-order valence-corrected chi connectivity index (χ1v) is 4.44. The second-order valence-corrected chi connectivity index (χ2v) is 3.40. The Kier molecular flexibility index (Phi) is 3.18. The summed E-state index contributed by atoms with van der Waals surface area (Å²) in [6, 6.07) is 6.26. The standard InChI is InChI=1S/C9H13B2NO/c10-7-2-3-8(11)6(5-7)1-4-9(12)13/h2-3,5H,1,4,10-11H2,(H2,12,13). The van der Waals surface area contributed by atoms with Gasteiger partial charge >= 0.3 is 0 Å². The van der Waals surface area contributed by atoms with Gasteiger partial charge in [0, 0.05) is 6.42 Å². The Morgan fingerprint density at radius 1 is 1.38 bits per heavy atom. The van der Waals surface area contributed by atoms with Crippen LogP contribution in [0.1, 0.15) is 12.0 Å². The summed E-state index contributed by atoms with van der Waals surface area (Å²) in [6.07, 6.45) is 1.19. The minimum absolute atomic E-state index is 0.235. The fourth-order valence-corrected chi connectivity index (χ4v) is 1.33. The van der Waals surface area contributed by atoms with E-state index in [2.05, 4.69) is 26.0 Å². The Balaban J connectivity index is 2.75. The van der Waals surface area contributed by atoms with Crippen LogP contribution in [0.3, 0.4) is 0 Å². The molecule has 1 rings (SSSR count). The van der Waals surface area contributed by atoms with Gasteiger partial charge in [0.15, 0.2) is 0 Å². The van der Waals surface area contributed by atoms with Gasteiger partial charge in [-0.25, -0.2) is 0 Å². The minimum atomic E-state index is -0.235. The summed E-state index contributed by atoms with van der Waals surface area (Å²) in [4.78, 5) is 10.6. The number of carbonyl (C=O) groups is 1. The van der Waals surface area contributed by atoms with E-state index >= 15 is 0 Å². The summed E-state index contributed by atoms with van der Waals surface area (Å²) in [5.41, 5.74) is 8.77. The van der Waals surface area contributed by atoms with Crippen molar-refractivity contribution in [3.63, 3.8) is 0 Å². The molecule has 0 radical (unpaired) electrons. The Labute approximate surface area is 80.3 Å². The van der Waals surface area contributed by atoms with Crippen molar-refractivity contribution in [3.8, 4) is 0 Å². The number of nitrogens with two attached hydrogens (primary N) is 1. The molecule has 0 aliphatic heterocycles. The Morgan fingerprint density at radius 2 is 2.08 bits per heavy atom. The molecular formula is C9H13B2NO. The van der Waals surface area contributed by atoms with Crippen LogP contribution in [-0.2, 0) is 11.2 Å². The van der Waals surface area contributed by atoms with Crippen LogP contribution in [-0.4, -0.2) is 21.6 Å². The van der Waals surface area contributed by atoms with E-state index in [0.717, 1.165) is 6.42 Å². The normalized spacial score (nSPS) is 9.85. The number of aryl methyl sites for hydroxylation is 1. The number of rotatable bonds is 3. The van der Waals surface area contributed by atoms with E-state index in [1.165, 1.54) is 16.5 Å². The number of hydrogen-bond donors (Lipinski definition) is 1. The van der Waals surface area contributed by atoms with E-state index < -0.39 is 0 Å². The molecule has 0 aromatic heterocycles. The van der Waals surface area contributed by atoms with E-state index in [9.17, 15) is 4.79 Å². The topological polar surface area (TPSA) is 43.1 Å². The van der Waals surface area contributed by atoms with Gasteiger partial charge in [-0.1, -0.05) is 34.7 Å². The van der Waals surface area contributed by atoms with Crippen molar-refractivity contribution in [1.29, 1.82) is 0 Å². The Hall–Kier alpha value is -1.18. The molecule has 4 heteroatoms. The van der Waals surface area contributed by atoms with Gasteiger partial charge in [-0.3, -0.25) is 4.79 Å². The zero-order valence-corrected chi connectivity index (χ0v) is 8.13. The van der Waals surface area contributed by atoms with Crippen LogP contribution in [0.5, 0.6) is 0 Å².